The minimum absolute atomic E-state index is 0.0918. The van der Waals surface area contributed by atoms with Crippen molar-refractivity contribution in [2.45, 2.75) is 13.8 Å². The molecule has 5 nitrogen and oxygen atoms in total. The van der Waals surface area contributed by atoms with Crippen LogP contribution in [-0.2, 0) is 4.79 Å². The molecule has 0 bridgehead atoms. The van der Waals surface area contributed by atoms with E-state index in [1.54, 1.807) is 0 Å². The van der Waals surface area contributed by atoms with Crippen molar-refractivity contribution < 1.29 is 14.7 Å². The number of carboxylic acid groups (broad SMARTS) is 1. The lowest BCUT2D eigenvalue weighted by Crippen LogP contribution is -2.07. The van der Waals surface area contributed by atoms with E-state index >= 15 is 0 Å². The third-order valence-corrected chi connectivity index (χ3v) is 2.25. The summed E-state index contributed by atoms with van der Waals surface area (Å²) in [6.45, 7) is 3.44. The SMILES string of the molecule is CC(=O)Nc1ccc(C(=O)O)cn1.Cc1ccccc1. The molecule has 0 saturated heterocycles. The Morgan fingerprint density at radius 1 is 1.10 bits per heavy atom. The molecule has 0 aliphatic rings. The molecule has 2 N–H and O–H groups in total. The van der Waals surface area contributed by atoms with Gasteiger partial charge in [0.25, 0.3) is 0 Å². The minimum Gasteiger partial charge on any atom is -0.478 e. The smallest absolute Gasteiger partial charge is 0.337 e. The van der Waals surface area contributed by atoms with Crippen LogP contribution in [0.2, 0.25) is 0 Å². The summed E-state index contributed by atoms with van der Waals surface area (Å²) < 4.78 is 0. The summed E-state index contributed by atoms with van der Waals surface area (Å²) in [5.74, 6) is -0.935. The summed E-state index contributed by atoms with van der Waals surface area (Å²) in [4.78, 5) is 24.7. The third kappa shape index (κ3) is 5.77. The second kappa shape index (κ2) is 7.68. The summed E-state index contributed by atoms with van der Waals surface area (Å²) in [6, 6.07) is 13.1. The number of nitrogens with one attached hydrogen (secondary N) is 1. The summed E-state index contributed by atoms with van der Waals surface area (Å²) in [7, 11) is 0. The third-order valence-electron chi connectivity index (χ3n) is 2.25. The van der Waals surface area contributed by atoms with Crippen LogP contribution in [0.5, 0.6) is 0 Å². The number of anilines is 1. The van der Waals surface area contributed by atoms with Crippen LogP contribution >= 0.6 is 0 Å². The highest BCUT2D eigenvalue weighted by Crippen LogP contribution is 2.04. The zero-order valence-electron chi connectivity index (χ0n) is 11.3. The van der Waals surface area contributed by atoms with Crippen molar-refractivity contribution in [3.05, 3.63) is 59.8 Å². The highest BCUT2D eigenvalue weighted by Gasteiger charge is 2.02. The van der Waals surface area contributed by atoms with Gasteiger partial charge in [0.1, 0.15) is 5.82 Å². The van der Waals surface area contributed by atoms with E-state index in [9.17, 15) is 9.59 Å². The Balaban J connectivity index is 0.000000240. The standard InChI is InChI=1S/C8H8N2O3.C7H8/c1-5(11)10-7-3-2-6(4-9-7)8(12)13;1-7-5-3-2-4-6-7/h2-4H,1H3,(H,12,13)(H,9,10,11);2-6H,1H3. The zero-order chi connectivity index (χ0) is 15.0. The number of carboxylic acids is 1. The van der Waals surface area contributed by atoms with E-state index in [0.717, 1.165) is 0 Å². The summed E-state index contributed by atoms with van der Waals surface area (Å²) in [5.41, 5.74) is 1.41. The van der Waals surface area contributed by atoms with Crippen LogP contribution in [0.3, 0.4) is 0 Å². The molecule has 1 heterocycles. The van der Waals surface area contributed by atoms with Gasteiger partial charge in [-0.1, -0.05) is 35.9 Å². The van der Waals surface area contributed by atoms with Gasteiger partial charge in [-0.2, -0.15) is 0 Å². The van der Waals surface area contributed by atoms with Gasteiger partial charge in [0.15, 0.2) is 0 Å². The average Bonchev–Trinajstić information content (AvgIpc) is 2.40. The maximum absolute atomic E-state index is 10.6. The van der Waals surface area contributed by atoms with Gasteiger partial charge in [0, 0.05) is 13.1 Å². The molecule has 2 rings (SSSR count). The molecule has 0 aliphatic heterocycles. The van der Waals surface area contributed by atoms with Gasteiger partial charge in [-0.25, -0.2) is 9.78 Å². The van der Waals surface area contributed by atoms with E-state index in [1.807, 2.05) is 18.2 Å². The molecule has 0 atom stereocenters. The number of hydrogen-bond acceptors (Lipinski definition) is 3. The Bertz CT molecular complexity index is 565. The number of benzene rings is 1. The highest BCUT2D eigenvalue weighted by atomic mass is 16.4. The number of aromatic carboxylic acids is 1. The van der Waals surface area contributed by atoms with Crippen LogP contribution in [0.4, 0.5) is 5.82 Å². The first kappa shape index (κ1) is 15.4. The predicted molar refractivity (Wildman–Crippen MR) is 76.7 cm³/mol. The highest BCUT2D eigenvalue weighted by molar-refractivity contribution is 5.89. The molecular formula is C15H16N2O3. The van der Waals surface area contributed by atoms with Gasteiger partial charge in [-0.15, -0.1) is 0 Å². The Morgan fingerprint density at radius 3 is 2.10 bits per heavy atom. The van der Waals surface area contributed by atoms with E-state index in [-0.39, 0.29) is 11.5 Å². The van der Waals surface area contributed by atoms with Crippen molar-refractivity contribution in [3.8, 4) is 0 Å². The molecule has 0 fully saturated rings. The van der Waals surface area contributed by atoms with Crippen LogP contribution < -0.4 is 5.32 Å². The van der Waals surface area contributed by atoms with Crippen LogP contribution in [0.1, 0.15) is 22.8 Å². The van der Waals surface area contributed by atoms with Crippen molar-refractivity contribution in [3.63, 3.8) is 0 Å². The quantitative estimate of drug-likeness (QED) is 0.881. The molecule has 0 saturated carbocycles. The average molecular weight is 272 g/mol. The van der Waals surface area contributed by atoms with Crippen molar-refractivity contribution in [2.75, 3.05) is 5.32 Å². The molecule has 0 aliphatic carbocycles. The fourth-order valence-corrected chi connectivity index (χ4v) is 1.31. The van der Waals surface area contributed by atoms with E-state index in [0.29, 0.717) is 5.82 Å². The minimum atomic E-state index is -1.04. The number of rotatable bonds is 2. The van der Waals surface area contributed by atoms with Crippen LogP contribution in [-0.4, -0.2) is 22.0 Å². The molecule has 5 heteroatoms. The van der Waals surface area contributed by atoms with Gasteiger partial charge < -0.3 is 10.4 Å². The number of pyridine rings is 1. The monoisotopic (exact) mass is 272 g/mol. The van der Waals surface area contributed by atoms with Crippen molar-refractivity contribution in [1.82, 2.24) is 4.98 Å². The van der Waals surface area contributed by atoms with Gasteiger partial charge in [-0.05, 0) is 19.1 Å². The fraction of sp³-hybridized carbons (Fsp3) is 0.133. The molecular weight excluding hydrogens is 256 g/mol. The van der Waals surface area contributed by atoms with Gasteiger partial charge in [-0.3, -0.25) is 4.79 Å². The van der Waals surface area contributed by atoms with Crippen LogP contribution in [0, 0.1) is 6.92 Å². The number of carbonyl (C=O) groups is 2. The fourth-order valence-electron chi connectivity index (χ4n) is 1.31. The number of nitrogens with zero attached hydrogens (tertiary/aromatic N) is 1. The molecule has 20 heavy (non-hydrogen) atoms. The summed E-state index contributed by atoms with van der Waals surface area (Å²) in [5, 5.41) is 11.0. The second-order valence-electron chi connectivity index (χ2n) is 4.07. The molecule has 0 spiro atoms. The summed E-state index contributed by atoms with van der Waals surface area (Å²) in [6.07, 6.45) is 1.19. The van der Waals surface area contributed by atoms with Gasteiger partial charge in [0.05, 0.1) is 5.56 Å². The Labute approximate surface area is 117 Å². The van der Waals surface area contributed by atoms with Crippen molar-refractivity contribution in [1.29, 1.82) is 0 Å². The number of amides is 1. The lowest BCUT2D eigenvalue weighted by molar-refractivity contribution is -0.114. The molecule has 1 amide bonds. The normalized spacial score (nSPS) is 9.10. The number of aromatic nitrogens is 1. The Hall–Kier alpha value is -2.69. The predicted octanol–water partition coefficient (Wildman–Crippen LogP) is 2.73. The van der Waals surface area contributed by atoms with Crippen LogP contribution in [0.25, 0.3) is 0 Å². The van der Waals surface area contributed by atoms with E-state index < -0.39 is 5.97 Å². The van der Waals surface area contributed by atoms with Gasteiger partial charge >= 0.3 is 5.97 Å². The van der Waals surface area contributed by atoms with Gasteiger partial charge in [0.2, 0.25) is 5.91 Å². The lowest BCUT2D eigenvalue weighted by Gasteiger charge is -1.99. The molecule has 0 radical (unpaired) electrons. The molecule has 104 valence electrons. The molecule has 1 aromatic carbocycles. The first-order valence-electron chi connectivity index (χ1n) is 5.97. The maximum atomic E-state index is 10.6. The first-order chi connectivity index (χ1) is 9.49. The van der Waals surface area contributed by atoms with Crippen molar-refractivity contribution in [2.24, 2.45) is 0 Å². The largest absolute Gasteiger partial charge is 0.478 e. The van der Waals surface area contributed by atoms with E-state index in [4.69, 9.17) is 5.11 Å². The maximum Gasteiger partial charge on any atom is 0.337 e. The first-order valence-corrected chi connectivity index (χ1v) is 5.97. The van der Waals surface area contributed by atoms with Crippen molar-refractivity contribution >= 4 is 17.7 Å². The zero-order valence-corrected chi connectivity index (χ0v) is 11.3. The second-order valence-corrected chi connectivity index (χ2v) is 4.07. The number of hydrogen-bond donors (Lipinski definition) is 2. The Morgan fingerprint density at radius 2 is 1.75 bits per heavy atom. The number of aryl methyl sites for hydroxylation is 1. The van der Waals surface area contributed by atoms with E-state index in [1.165, 1.54) is 30.8 Å². The van der Waals surface area contributed by atoms with E-state index in [2.05, 4.69) is 29.4 Å². The number of carbonyl (C=O) groups excluding carboxylic acids is 1. The topological polar surface area (TPSA) is 79.3 Å². The molecule has 2 aromatic rings. The Kier molecular flexibility index (Phi) is 5.90. The molecule has 1 aromatic heterocycles. The summed E-state index contributed by atoms with van der Waals surface area (Å²) >= 11 is 0. The molecule has 0 unspecified atom stereocenters. The van der Waals surface area contributed by atoms with Crippen LogP contribution in [0.15, 0.2) is 48.7 Å². The lowest BCUT2D eigenvalue weighted by atomic mass is 10.2.